The average molecular weight is 444 g/mol. The van der Waals surface area contributed by atoms with Crippen LogP contribution in [0.1, 0.15) is 12.5 Å². The SMILES string of the molecule is CCOc1ccccc1N(CC(=O)N/N=C\c1ccc(Cl)cc1Cl)S(C)(=O)=O. The van der Waals surface area contributed by atoms with Gasteiger partial charge in [-0.3, -0.25) is 9.10 Å². The number of benzene rings is 2. The van der Waals surface area contributed by atoms with E-state index < -0.39 is 22.5 Å². The van der Waals surface area contributed by atoms with Gasteiger partial charge < -0.3 is 4.74 Å². The summed E-state index contributed by atoms with van der Waals surface area (Å²) in [5, 5.41) is 4.66. The molecule has 0 saturated carbocycles. The molecule has 0 aliphatic heterocycles. The molecule has 150 valence electrons. The molecule has 10 heteroatoms. The number of rotatable bonds is 8. The predicted molar refractivity (Wildman–Crippen MR) is 112 cm³/mol. The number of nitrogens with one attached hydrogen (secondary N) is 1. The molecule has 0 fully saturated rings. The molecule has 0 aliphatic carbocycles. The molecule has 0 heterocycles. The van der Waals surface area contributed by atoms with Crippen molar-refractivity contribution in [3.05, 3.63) is 58.1 Å². The lowest BCUT2D eigenvalue weighted by molar-refractivity contribution is -0.119. The number of carbonyl (C=O) groups excluding carboxylic acids is 1. The number of halogens is 2. The van der Waals surface area contributed by atoms with Crippen molar-refractivity contribution in [1.29, 1.82) is 0 Å². The molecule has 0 atom stereocenters. The number of carbonyl (C=O) groups is 1. The number of ether oxygens (including phenoxy) is 1. The Kier molecular flexibility index (Phi) is 7.68. The minimum atomic E-state index is -3.74. The first-order valence-corrected chi connectivity index (χ1v) is 10.8. The summed E-state index contributed by atoms with van der Waals surface area (Å²) in [5.74, 6) is -0.266. The molecule has 1 N–H and O–H groups in total. The Morgan fingerprint density at radius 3 is 2.61 bits per heavy atom. The van der Waals surface area contributed by atoms with Crippen LogP contribution in [0, 0.1) is 0 Å². The predicted octanol–water partition coefficient (Wildman–Crippen LogP) is 3.31. The highest BCUT2D eigenvalue weighted by molar-refractivity contribution is 7.92. The number of para-hydroxylation sites is 2. The Bertz CT molecular complexity index is 981. The molecule has 0 saturated heterocycles. The van der Waals surface area contributed by atoms with Crippen molar-refractivity contribution in [1.82, 2.24) is 5.43 Å². The standard InChI is InChI=1S/C18H19Cl2N3O4S/c1-3-27-17-7-5-4-6-16(17)23(28(2,25)26)12-18(24)22-21-11-13-8-9-14(19)10-15(13)20/h4-11H,3,12H2,1-2H3,(H,22,24)/b21-11-. The largest absolute Gasteiger partial charge is 0.492 e. The van der Waals surface area contributed by atoms with Gasteiger partial charge in [-0.1, -0.05) is 41.4 Å². The van der Waals surface area contributed by atoms with Crippen LogP contribution in [0.3, 0.4) is 0 Å². The minimum Gasteiger partial charge on any atom is -0.492 e. The van der Waals surface area contributed by atoms with Crippen molar-refractivity contribution in [2.75, 3.05) is 23.7 Å². The molecule has 0 radical (unpaired) electrons. The van der Waals surface area contributed by atoms with E-state index in [2.05, 4.69) is 10.5 Å². The van der Waals surface area contributed by atoms with Crippen LogP contribution in [-0.4, -0.2) is 39.9 Å². The number of hydrogen-bond donors (Lipinski definition) is 1. The molecule has 2 rings (SSSR count). The van der Waals surface area contributed by atoms with E-state index in [1.54, 1.807) is 49.4 Å². The van der Waals surface area contributed by atoms with E-state index in [4.69, 9.17) is 27.9 Å². The summed E-state index contributed by atoms with van der Waals surface area (Å²) in [6.45, 7) is 1.67. The lowest BCUT2D eigenvalue weighted by atomic mass is 10.2. The second-order valence-electron chi connectivity index (χ2n) is 5.63. The van der Waals surface area contributed by atoms with Gasteiger partial charge in [0, 0.05) is 10.6 Å². The number of hydrogen-bond acceptors (Lipinski definition) is 5. The third kappa shape index (κ3) is 6.12. The molecule has 2 aromatic rings. The quantitative estimate of drug-likeness (QED) is 0.500. The molecule has 0 aromatic heterocycles. The fourth-order valence-corrected chi connectivity index (χ4v) is 3.58. The summed E-state index contributed by atoms with van der Waals surface area (Å²) in [5.41, 5.74) is 3.11. The average Bonchev–Trinajstić information content (AvgIpc) is 2.61. The van der Waals surface area contributed by atoms with Gasteiger partial charge in [0.15, 0.2) is 0 Å². The van der Waals surface area contributed by atoms with Gasteiger partial charge in [-0.15, -0.1) is 0 Å². The van der Waals surface area contributed by atoms with Gasteiger partial charge in [0.05, 0.1) is 29.8 Å². The molecular weight excluding hydrogens is 425 g/mol. The minimum absolute atomic E-state index is 0.270. The highest BCUT2D eigenvalue weighted by Crippen LogP contribution is 2.29. The molecular formula is C18H19Cl2N3O4S. The number of hydrazone groups is 1. The van der Waals surface area contributed by atoms with Crippen LogP contribution >= 0.6 is 23.2 Å². The Balaban J connectivity index is 2.15. The van der Waals surface area contributed by atoms with Gasteiger partial charge in [0.2, 0.25) is 10.0 Å². The number of nitrogens with zero attached hydrogens (tertiary/aromatic N) is 2. The molecule has 2 aromatic carbocycles. The first-order valence-electron chi connectivity index (χ1n) is 8.19. The summed E-state index contributed by atoms with van der Waals surface area (Å²) < 4.78 is 30.9. The first kappa shape index (κ1) is 22.0. The lowest BCUT2D eigenvalue weighted by Crippen LogP contribution is -2.39. The Labute approximate surface area is 173 Å². The van der Waals surface area contributed by atoms with Crippen molar-refractivity contribution in [2.24, 2.45) is 5.10 Å². The number of anilines is 1. The molecule has 28 heavy (non-hydrogen) atoms. The van der Waals surface area contributed by atoms with Crippen molar-refractivity contribution >= 4 is 51.0 Å². The van der Waals surface area contributed by atoms with Gasteiger partial charge in [-0.2, -0.15) is 5.10 Å². The van der Waals surface area contributed by atoms with Crippen LogP contribution in [0.4, 0.5) is 5.69 Å². The van der Waals surface area contributed by atoms with E-state index in [9.17, 15) is 13.2 Å². The fraction of sp³-hybridized carbons (Fsp3) is 0.222. The summed E-state index contributed by atoms with van der Waals surface area (Å²) >= 11 is 11.8. The summed E-state index contributed by atoms with van der Waals surface area (Å²) in [4.78, 5) is 12.2. The molecule has 7 nitrogen and oxygen atoms in total. The van der Waals surface area contributed by atoms with E-state index in [0.717, 1.165) is 10.6 Å². The van der Waals surface area contributed by atoms with Crippen molar-refractivity contribution in [3.8, 4) is 5.75 Å². The van der Waals surface area contributed by atoms with Crippen LogP contribution in [0.25, 0.3) is 0 Å². The van der Waals surface area contributed by atoms with Crippen LogP contribution < -0.4 is 14.5 Å². The van der Waals surface area contributed by atoms with Crippen molar-refractivity contribution in [3.63, 3.8) is 0 Å². The smallest absolute Gasteiger partial charge is 0.260 e. The zero-order valence-electron chi connectivity index (χ0n) is 15.2. The van der Waals surface area contributed by atoms with Crippen LogP contribution in [0.15, 0.2) is 47.6 Å². The van der Waals surface area contributed by atoms with Gasteiger partial charge in [-0.05, 0) is 31.2 Å². The van der Waals surface area contributed by atoms with Crippen LogP contribution in [-0.2, 0) is 14.8 Å². The zero-order valence-corrected chi connectivity index (χ0v) is 17.6. The molecule has 1 amide bonds. The number of amides is 1. The fourth-order valence-electron chi connectivity index (χ4n) is 2.27. The lowest BCUT2D eigenvalue weighted by Gasteiger charge is -2.23. The summed E-state index contributed by atoms with van der Waals surface area (Å²) in [6.07, 6.45) is 2.36. The van der Waals surface area contributed by atoms with E-state index in [1.165, 1.54) is 6.21 Å². The normalized spacial score (nSPS) is 11.4. The highest BCUT2D eigenvalue weighted by atomic mass is 35.5. The Morgan fingerprint density at radius 2 is 1.96 bits per heavy atom. The van der Waals surface area contributed by atoms with Gasteiger partial charge in [-0.25, -0.2) is 13.8 Å². The maximum absolute atomic E-state index is 12.2. The number of sulfonamides is 1. The third-order valence-corrected chi connectivity index (χ3v) is 5.17. The third-order valence-electron chi connectivity index (χ3n) is 3.48. The van der Waals surface area contributed by atoms with Gasteiger partial charge in [0.25, 0.3) is 5.91 Å². The maximum Gasteiger partial charge on any atom is 0.260 e. The summed E-state index contributed by atoms with van der Waals surface area (Å²) in [7, 11) is -3.74. The van der Waals surface area contributed by atoms with Crippen molar-refractivity contribution < 1.29 is 17.9 Å². The Hall–Kier alpha value is -2.29. The van der Waals surface area contributed by atoms with Crippen molar-refractivity contribution in [2.45, 2.75) is 6.92 Å². The monoisotopic (exact) mass is 443 g/mol. The maximum atomic E-state index is 12.2. The van der Waals surface area contributed by atoms with E-state index in [1.807, 2.05) is 0 Å². The van der Waals surface area contributed by atoms with Gasteiger partial charge >= 0.3 is 0 Å². The Morgan fingerprint density at radius 1 is 1.25 bits per heavy atom. The van der Waals surface area contributed by atoms with Gasteiger partial charge in [0.1, 0.15) is 12.3 Å². The summed E-state index contributed by atoms with van der Waals surface area (Å²) in [6, 6.07) is 11.4. The van der Waals surface area contributed by atoms with Crippen LogP contribution in [0.2, 0.25) is 10.0 Å². The van der Waals surface area contributed by atoms with E-state index in [-0.39, 0.29) is 5.69 Å². The molecule has 0 unspecified atom stereocenters. The first-order chi connectivity index (χ1) is 13.2. The highest BCUT2D eigenvalue weighted by Gasteiger charge is 2.23. The molecule has 0 aliphatic rings. The second kappa shape index (κ2) is 9.77. The second-order valence-corrected chi connectivity index (χ2v) is 8.38. The topological polar surface area (TPSA) is 88.1 Å². The van der Waals surface area contributed by atoms with E-state index >= 15 is 0 Å². The molecule has 0 bridgehead atoms. The van der Waals surface area contributed by atoms with Crippen LogP contribution in [0.5, 0.6) is 5.75 Å². The molecule has 0 spiro atoms. The van der Waals surface area contributed by atoms with E-state index in [0.29, 0.717) is 28.0 Å². The zero-order chi connectivity index (χ0) is 20.7.